The predicted octanol–water partition coefficient (Wildman–Crippen LogP) is 1.20. The van der Waals surface area contributed by atoms with Crippen molar-refractivity contribution in [1.82, 2.24) is 0 Å². The van der Waals surface area contributed by atoms with Gasteiger partial charge in [-0.3, -0.25) is 9.59 Å². The Balaban J connectivity index is 3.78. The Kier molecular flexibility index (Phi) is 4.71. The lowest BCUT2D eigenvalue weighted by molar-refractivity contribution is -0.152. The molecule has 0 amide bonds. The molecular weight excluding hydrogens is 184 g/mol. The van der Waals surface area contributed by atoms with E-state index in [0.717, 1.165) is 0 Å². The van der Waals surface area contributed by atoms with Gasteiger partial charge in [-0.2, -0.15) is 0 Å². The molecule has 0 saturated heterocycles. The highest BCUT2D eigenvalue weighted by atomic mass is 16.6. The molecule has 0 fully saturated rings. The van der Waals surface area contributed by atoms with Crippen LogP contribution in [-0.2, 0) is 14.3 Å². The van der Waals surface area contributed by atoms with Gasteiger partial charge >= 0.3 is 11.9 Å². The molecule has 0 heterocycles. The van der Waals surface area contributed by atoms with Gasteiger partial charge in [-0.25, -0.2) is 0 Å². The zero-order valence-corrected chi connectivity index (χ0v) is 8.37. The molecule has 0 aliphatic carbocycles. The third kappa shape index (κ3) is 6.06. The van der Waals surface area contributed by atoms with Gasteiger partial charge in [0.05, 0.1) is 0 Å². The van der Waals surface area contributed by atoms with Crippen molar-refractivity contribution in [3.8, 4) is 12.3 Å². The van der Waals surface area contributed by atoms with Crippen LogP contribution in [0.25, 0.3) is 0 Å². The van der Waals surface area contributed by atoms with Gasteiger partial charge in [0.1, 0.15) is 0 Å². The first-order valence-corrected chi connectivity index (χ1v) is 4.29. The fourth-order valence-electron chi connectivity index (χ4n) is 0.749. The van der Waals surface area contributed by atoms with Crippen LogP contribution < -0.4 is 0 Å². The maximum atomic E-state index is 11.1. The zero-order valence-electron chi connectivity index (χ0n) is 8.37. The van der Waals surface area contributed by atoms with Gasteiger partial charge in [-0.1, -0.05) is 5.92 Å². The summed E-state index contributed by atoms with van der Waals surface area (Å²) in [5.74, 6) is 0.926. The lowest BCUT2D eigenvalue weighted by Gasteiger charge is -2.18. The standard InChI is InChI=1S/C10H14O4/c1-4-10(2,3)14-9(13)7-5-6-8(11)12/h1H,5-7H2,2-3H3,(H,11,12). The second kappa shape index (κ2) is 5.28. The fourth-order valence-corrected chi connectivity index (χ4v) is 0.749. The Morgan fingerprint density at radius 1 is 1.43 bits per heavy atom. The van der Waals surface area contributed by atoms with E-state index in [9.17, 15) is 9.59 Å². The van der Waals surface area contributed by atoms with E-state index in [4.69, 9.17) is 16.3 Å². The third-order valence-corrected chi connectivity index (χ3v) is 1.49. The van der Waals surface area contributed by atoms with Crippen LogP contribution in [0.15, 0.2) is 0 Å². The van der Waals surface area contributed by atoms with E-state index in [-0.39, 0.29) is 19.3 Å². The zero-order chi connectivity index (χ0) is 11.2. The number of hydrogen-bond acceptors (Lipinski definition) is 3. The average molecular weight is 198 g/mol. The Bertz CT molecular complexity index is 260. The highest BCUT2D eigenvalue weighted by molar-refractivity contribution is 5.72. The summed E-state index contributed by atoms with van der Waals surface area (Å²) < 4.78 is 4.90. The normalized spacial score (nSPS) is 10.4. The largest absolute Gasteiger partial charge is 0.481 e. The maximum Gasteiger partial charge on any atom is 0.307 e. The van der Waals surface area contributed by atoms with Crippen molar-refractivity contribution in [1.29, 1.82) is 0 Å². The van der Waals surface area contributed by atoms with E-state index in [0.29, 0.717) is 0 Å². The number of carbonyl (C=O) groups is 2. The van der Waals surface area contributed by atoms with E-state index in [1.54, 1.807) is 13.8 Å². The average Bonchev–Trinajstić information content (AvgIpc) is 2.02. The SMILES string of the molecule is C#CC(C)(C)OC(=O)CCCC(=O)O. The summed E-state index contributed by atoms with van der Waals surface area (Å²) in [7, 11) is 0. The number of esters is 1. The second-order valence-corrected chi connectivity index (χ2v) is 3.38. The molecule has 0 atom stereocenters. The summed E-state index contributed by atoms with van der Waals surface area (Å²) in [6.45, 7) is 3.20. The molecule has 0 aliphatic rings. The first kappa shape index (κ1) is 12.5. The molecule has 0 spiro atoms. The molecule has 0 aromatic rings. The molecule has 0 radical (unpaired) electrons. The Morgan fingerprint density at radius 2 is 2.00 bits per heavy atom. The van der Waals surface area contributed by atoms with Crippen LogP contribution in [0.1, 0.15) is 33.1 Å². The summed E-state index contributed by atoms with van der Waals surface area (Å²) in [5, 5.41) is 8.32. The third-order valence-electron chi connectivity index (χ3n) is 1.49. The van der Waals surface area contributed by atoms with Crippen LogP contribution in [0.4, 0.5) is 0 Å². The topological polar surface area (TPSA) is 63.6 Å². The molecule has 4 nitrogen and oxygen atoms in total. The first-order valence-electron chi connectivity index (χ1n) is 4.29. The summed E-state index contributed by atoms with van der Waals surface area (Å²) in [4.78, 5) is 21.2. The number of hydrogen-bond donors (Lipinski definition) is 1. The number of rotatable bonds is 5. The highest BCUT2D eigenvalue weighted by Gasteiger charge is 2.19. The summed E-state index contributed by atoms with van der Waals surface area (Å²) in [5.41, 5.74) is -0.916. The molecule has 0 saturated carbocycles. The molecule has 14 heavy (non-hydrogen) atoms. The number of aliphatic carboxylic acids is 1. The number of terminal acetylenes is 1. The van der Waals surface area contributed by atoms with Crippen LogP contribution in [0.3, 0.4) is 0 Å². The quantitative estimate of drug-likeness (QED) is 0.532. The highest BCUT2D eigenvalue weighted by Crippen LogP contribution is 2.09. The number of carboxylic acids is 1. The van der Waals surface area contributed by atoms with E-state index in [1.807, 2.05) is 0 Å². The molecule has 0 aliphatic heterocycles. The van der Waals surface area contributed by atoms with Crippen molar-refractivity contribution < 1.29 is 19.4 Å². The smallest absolute Gasteiger partial charge is 0.307 e. The van der Waals surface area contributed by atoms with Crippen molar-refractivity contribution in [2.75, 3.05) is 0 Å². The monoisotopic (exact) mass is 198 g/mol. The molecule has 0 aromatic carbocycles. The molecule has 4 heteroatoms. The van der Waals surface area contributed by atoms with Crippen LogP contribution in [0.5, 0.6) is 0 Å². The maximum absolute atomic E-state index is 11.1. The van der Waals surface area contributed by atoms with Crippen molar-refractivity contribution in [2.45, 2.75) is 38.7 Å². The van der Waals surface area contributed by atoms with E-state index in [1.165, 1.54) is 0 Å². The molecule has 1 N–H and O–H groups in total. The van der Waals surface area contributed by atoms with E-state index >= 15 is 0 Å². The minimum absolute atomic E-state index is 0.0361. The van der Waals surface area contributed by atoms with Gasteiger partial charge < -0.3 is 9.84 Å². The van der Waals surface area contributed by atoms with Crippen LogP contribution >= 0.6 is 0 Å². The minimum atomic E-state index is -0.922. The molecule has 0 aromatic heterocycles. The summed E-state index contributed by atoms with van der Waals surface area (Å²) in [6.07, 6.45) is 5.43. The Labute approximate surface area is 83.3 Å². The Hall–Kier alpha value is -1.50. The van der Waals surface area contributed by atoms with Gasteiger partial charge in [-0.15, -0.1) is 6.42 Å². The first-order chi connectivity index (χ1) is 6.37. The Morgan fingerprint density at radius 3 is 2.43 bits per heavy atom. The molecular formula is C10H14O4. The van der Waals surface area contributed by atoms with Gasteiger partial charge in [0.2, 0.25) is 0 Å². The summed E-state index contributed by atoms with van der Waals surface area (Å²) in [6, 6.07) is 0. The van der Waals surface area contributed by atoms with E-state index in [2.05, 4.69) is 5.92 Å². The van der Waals surface area contributed by atoms with Crippen LogP contribution in [0.2, 0.25) is 0 Å². The molecule has 0 rings (SSSR count). The van der Waals surface area contributed by atoms with Gasteiger partial charge in [0.15, 0.2) is 5.60 Å². The van der Waals surface area contributed by atoms with Gasteiger partial charge in [0.25, 0.3) is 0 Å². The van der Waals surface area contributed by atoms with Crippen molar-refractivity contribution in [3.63, 3.8) is 0 Å². The number of carbonyl (C=O) groups excluding carboxylic acids is 1. The molecule has 0 unspecified atom stereocenters. The fraction of sp³-hybridized carbons (Fsp3) is 0.600. The molecule has 78 valence electrons. The van der Waals surface area contributed by atoms with E-state index < -0.39 is 17.5 Å². The van der Waals surface area contributed by atoms with Gasteiger partial charge in [-0.05, 0) is 20.3 Å². The lowest BCUT2D eigenvalue weighted by atomic mass is 10.1. The van der Waals surface area contributed by atoms with Gasteiger partial charge in [0, 0.05) is 12.8 Å². The van der Waals surface area contributed by atoms with Crippen LogP contribution in [-0.4, -0.2) is 22.6 Å². The summed E-state index contributed by atoms with van der Waals surface area (Å²) >= 11 is 0. The van der Waals surface area contributed by atoms with Crippen molar-refractivity contribution in [2.24, 2.45) is 0 Å². The lowest BCUT2D eigenvalue weighted by Crippen LogP contribution is -2.25. The number of carboxylic acid groups (broad SMARTS) is 1. The van der Waals surface area contributed by atoms with Crippen LogP contribution in [0, 0.1) is 12.3 Å². The molecule has 0 bridgehead atoms. The second-order valence-electron chi connectivity index (χ2n) is 3.38. The van der Waals surface area contributed by atoms with Crippen molar-refractivity contribution >= 4 is 11.9 Å². The minimum Gasteiger partial charge on any atom is -0.481 e. The number of ether oxygens (including phenoxy) is 1. The van der Waals surface area contributed by atoms with Crippen molar-refractivity contribution in [3.05, 3.63) is 0 Å². The predicted molar refractivity (Wildman–Crippen MR) is 50.5 cm³/mol.